The number of fused-ring (bicyclic) bond motifs is 1. The van der Waals surface area contributed by atoms with E-state index in [1.807, 2.05) is 12.1 Å². The predicted octanol–water partition coefficient (Wildman–Crippen LogP) is 3.62. The summed E-state index contributed by atoms with van der Waals surface area (Å²) in [4.78, 5) is 0. The fourth-order valence-electron chi connectivity index (χ4n) is 3.40. The Hall–Kier alpha value is -1.26. The molecule has 2 N–H and O–H groups in total. The molecule has 0 aromatic heterocycles. The highest BCUT2D eigenvalue weighted by Crippen LogP contribution is 2.33. The molecule has 1 fully saturated rings. The van der Waals surface area contributed by atoms with Crippen molar-refractivity contribution >= 4 is 5.69 Å². The van der Waals surface area contributed by atoms with Crippen LogP contribution in [0.3, 0.4) is 0 Å². The maximum absolute atomic E-state index is 6.15. The van der Waals surface area contributed by atoms with Crippen LogP contribution in [0.25, 0.3) is 0 Å². The third-order valence-corrected chi connectivity index (χ3v) is 4.60. The molecule has 3 rings (SSSR count). The molecule has 2 unspecified atom stereocenters. The quantitative estimate of drug-likeness (QED) is 0.861. The normalized spacial score (nSPS) is 25.2. The first-order valence-electron chi connectivity index (χ1n) is 7.99. The number of hydrogen-bond acceptors (Lipinski definition) is 4. The summed E-state index contributed by atoms with van der Waals surface area (Å²) >= 11 is 0. The van der Waals surface area contributed by atoms with E-state index in [2.05, 4.69) is 6.92 Å². The average Bonchev–Trinajstić information content (AvgIpc) is 2.52. The summed E-state index contributed by atoms with van der Waals surface area (Å²) in [5.74, 6) is 1.72. The monoisotopic (exact) mass is 291 g/mol. The van der Waals surface area contributed by atoms with Crippen molar-refractivity contribution in [3.63, 3.8) is 0 Å². The minimum atomic E-state index is 0.311. The molecule has 0 radical (unpaired) electrons. The van der Waals surface area contributed by atoms with Crippen LogP contribution in [-0.4, -0.2) is 12.9 Å². The molecule has 0 amide bonds. The molecular formula is C17H25NO3. The molecule has 0 spiro atoms. The van der Waals surface area contributed by atoms with Crippen molar-refractivity contribution in [1.29, 1.82) is 0 Å². The summed E-state index contributed by atoms with van der Waals surface area (Å²) in [6.45, 7) is 3.73. The SMILES string of the molecule is CCC1CCCC(OCc2cc(N)cc3c2OCOC3)C1. The van der Waals surface area contributed by atoms with E-state index in [-0.39, 0.29) is 0 Å². The van der Waals surface area contributed by atoms with Crippen molar-refractivity contribution in [2.75, 3.05) is 12.5 Å². The molecular weight excluding hydrogens is 266 g/mol. The van der Waals surface area contributed by atoms with Crippen molar-refractivity contribution in [2.24, 2.45) is 5.92 Å². The fourth-order valence-corrected chi connectivity index (χ4v) is 3.40. The Morgan fingerprint density at radius 2 is 2.24 bits per heavy atom. The lowest BCUT2D eigenvalue weighted by Gasteiger charge is -2.29. The van der Waals surface area contributed by atoms with E-state index in [4.69, 9.17) is 19.9 Å². The van der Waals surface area contributed by atoms with Crippen LogP contribution in [-0.2, 0) is 22.7 Å². The van der Waals surface area contributed by atoms with Gasteiger partial charge in [-0.3, -0.25) is 0 Å². The smallest absolute Gasteiger partial charge is 0.189 e. The maximum atomic E-state index is 6.15. The minimum absolute atomic E-state index is 0.311. The number of hydrogen-bond donors (Lipinski definition) is 1. The summed E-state index contributed by atoms with van der Waals surface area (Å²) < 4.78 is 17.1. The van der Waals surface area contributed by atoms with Crippen LogP contribution in [0.15, 0.2) is 12.1 Å². The molecule has 1 aromatic carbocycles. The second-order valence-electron chi connectivity index (χ2n) is 6.15. The van der Waals surface area contributed by atoms with Crippen LogP contribution >= 0.6 is 0 Å². The Balaban J connectivity index is 1.66. The summed E-state index contributed by atoms with van der Waals surface area (Å²) in [6.07, 6.45) is 6.62. The number of anilines is 1. The van der Waals surface area contributed by atoms with Gasteiger partial charge in [0.15, 0.2) is 6.79 Å². The predicted molar refractivity (Wildman–Crippen MR) is 82.0 cm³/mol. The van der Waals surface area contributed by atoms with E-state index >= 15 is 0 Å². The van der Waals surface area contributed by atoms with Crippen molar-refractivity contribution in [3.05, 3.63) is 23.3 Å². The zero-order valence-electron chi connectivity index (χ0n) is 12.8. The number of benzene rings is 1. The Labute approximate surface area is 126 Å². The van der Waals surface area contributed by atoms with E-state index in [9.17, 15) is 0 Å². The van der Waals surface area contributed by atoms with Gasteiger partial charge in [0.1, 0.15) is 5.75 Å². The highest BCUT2D eigenvalue weighted by Gasteiger charge is 2.22. The molecule has 4 heteroatoms. The Morgan fingerprint density at radius 1 is 1.33 bits per heavy atom. The molecule has 1 aliphatic carbocycles. The lowest BCUT2D eigenvalue weighted by atomic mass is 9.85. The van der Waals surface area contributed by atoms with Gasteiger partial charge in [-0.25, -0.2) is 0 Å². The van der Waals surface area contributed by atoms with Crippen LogP contribution in [0.5, 0.6) is 5.75 Å². The third kappa shape index (κ3) is 3.50. The van der Waals surface area contributed by atoms with Gasteiger partial charge in [0, 0.05) is 16.8 Å². The van der Waals surface area contributed by atoms with Crippen LogP contribution < -0.4 is 10.5 Å². The van der Waals surface area contributed by atoms with Gasteiger partial charge in [-0.2, -0.15) is 0 Å². The molecule has 116 valence electrons. The lowest BCUT2D eigenvalue weighted by molar-refractivity contribution is -0.0232. The highest BCUT2D eigenvalue weighted by molar-refractivity contribution is 5.53. The van der Waals surface area contributed by atoms with Gasteiger partial charge in [0.05, 0.1) is 19.3 Å². The van der Waals surface area contributed by atoms with Gasteiger partial charge in [0.25, 0.3) is 0 Å². The molecule has 0 saturated heterocycles. The topological polar surface area (TPSA) is 53.7 Å². The Bertz CT molecular complexity index is 489. The summed E-state index contributed by atoms with van der Waals surface area (Å²) in [7, 11) is 0. The summed E-state index contributed by atoms with van der Waals surface area (Å²) in [5.41, 5.74) is 8.79. The molecule has 1 aromatic rings. The number of nitrogens with two attached hydrogens (primary N) is 1. The summed E-state index contributed by atoms with van der Waals surface area (Å²) in [6, 6.07) is 3.88. The first-order valence-corrected chi connectivity index (χ1v) is 7.99. The molecule has 1 saturated carbocycles. The molecule has 21 heavy (non-hydrogen) atoms. The first-order chi connectivity index (χ1) is 10.3. The zero-order valence-corrected chi connectivity index (χ0v) is 12.8. The van der Waals surface area contributed by atoms with Crippen molar-refractivity contribution < 1.29 is 14.2 Å². The second-order valence-corrected chi connectivity index (χ2v) is 6.15. The van der Waals surface area contributed by atoms with E-state index in [1.54, 1.807) is 0 Å². The van der Waals surface area contributed by atoms with Gasteiger partial charge in [-0.15, -0.1) is 0 Å². The molecule has 0 bridgehead atoms. The van der Waals surface area contributed by atoms with Crippen LogP contribution in [0.2, 0.25) is 0 Å². The van der Waals surface area contributed by atoms with E-state index in [0.29, 0.717) is 26.1 Å². The first kappa shape index (κ1) is 14.7. The van der Waals surface area contributed by atoms with Gasteiger partial charge in [-0.1, -0.05) is 26.2 Å². The van der Waals surface area contributed by atoms with Crippen LogP contribution in [0.4, 0.5) is 5.69 Å². The second kappa shape index (κ2) is 6.67. The van der Waals surface area contributed by atoms with E-state index in [0.717, 1.165) is 28.5 Å². The number of ether oxygens (including phenoxy) is 3. The maximum Gasteiger partial charge on any atom is 0.189 e. The zero-order chi connectivity index (χ0) is 14.7. The van der Waals surface area contributed by atoms with Crippen molar-refractivity contribution in [3.8, 4) is 5.75 Å². The third-order valence-electron chi connectivity index (χ3n) is 4.60. The van der Waals surface area contributed by atoms with E-state index in [1.165, 1.54) is 32.1 Å². The average molecular weight is 291 g/mol. The van der Waals surface area contributed by atoms with Crippen LogP contribution in [0, 0.1) is 5.92 Å². The largest absolute Gasteiger partial charge is 0.467 e. The fraction of sp³-hybridized carbons (Fsp3) is 0.647. The summed E-state index contributed by atoms with van der Waals surface area (Å²) in [5, 5.41) is 0. The Morgan fingerprint density at radius 3 is 3.10 bits per heavy atom. The molecule has 1 aliphatic heterocycles. The molecule has 2 atom stereocenters. The minimum Gasteiger partial charge on any atom is -0.467 e. The molecule has 4 nitrogen and oxygen atoms in total. The molecule has 2 aliphatic rings. The number of rotatable bonds is 4. The van der Waals surface area contributed by atoms with E-state index < -0.39 is 0 Å². The highest BCUT2D eigenvalue weighted by atomic mass is 16.7. The van der Waals surface area contributed by atoms with Gasteiger partial charge >= 0.3 is 0 Å². The molecule has 1 heterocycles. The van der Waals surface area contributed by atoms with Crippen molar-refractivity contribution in [1.82, 2.24) is 0 Å². The van der Waals surface area contributed by atoms with Gasteiger partial charge in [0.2, 0.25) is 0 Å². The Kier molecular flexibility index (Phi) is 4.66. The van der Waals surface area contributed by atoms with Crippen molar-refractivity contribution in [2.45, 2.75) is 58.3 Å². The standard InChI is InChI=1S/C17H25NO3/c1-2-12-4-3-5-16(6-12)20-10-14-8-15(18)7-13-9-19-11-21-17(13)14/h7-8,12,16H,2-6,9-11,18H2,1H3. The van der Waals surface area contributed by atoms with Gasteiger partial charge < -0.3 is 19.9 Å². The lowest BCUT2D eigenvalue weighted by Crippen LogP contribution is -2.23. The van der Waals surface area contributed by atoms with Crippen LogP contribution in [0.1, 0.15) is 50.2 Å². The van der Waals surface area contributed by atoms with Gasteiger partial charge in [-0.05, 0) is 30.9 Å². The number of nitrogen functional groups attached to an aromatic ring is 1.